The molecule has 0 aromatic rings. The van der Waals surface area contributed by atoms with Crippen LogP contribution in [0, 0.1) is 5.92 Å². The lowest BCUT2D eigenvalue weighted by atomic mass is 10.0. The van der Waals surface area contributed by atoms with Gasteiger partial charge in [-0.1, -0.05) is 19.8 Å². The van der Waals surface area contributed by atoms with Crippen molar-refractivity contribution in [3.63, 3.8) is 0 Å². The number of likely N-dealkylation sites (N-methyl/N-ethyl adjacent to an activating group) is 1. The van der Waals surface area contributed by atoms with Crippen molar-refractivity contribution < 1.29 is 19.6 Å². The van der Waals surface area contributed by atoms with Gasteiger partial charge in [0.1, 0.15) is 0 Å². The predicted molar refractivity (Wildman–Crippen MR) is 69.3 cm³/mol. The maximum atomic E-state index is 11.9. The third-order valence-electron chi connectivity index (χ3n) is 2.72. The molecule has 0 rings (SSSR count). The Morgan fingerprint density at radius 2 is 2.00 bits per heavy atom. The maximum absolute atomic E-state index is 11.9. The number of unbranched alkanes of at least 4 members (excludes halogenated alkanes) is 1. The Hall–Kier alpha value is -1.63. The first-order valence-electron chi connectivity index (χ1n) is 6.31. The first kappa shape index (κ1) is 17.4. The largest absolute Gasteiger partial charge is 0.347 e. The molecule has 0 saturated carbocycles. The molecule has 0 fully saturated rings. The van der Waals surface area contributed by atoms with Crippen LogP contribution in [0.25, 0.3) is 0 Å². The molecule has 0 heterocycles. The number of amides is 3. The van der Waals surface area contributed by atoms with Crippen molar-refractivity contribution in [1.82, 2.24) is 15.3 Å². The lowest BCUT2D eigenvalue weighted by Crippen LogP contribution is -2.42. The van der Waals surface area contributed by atoms with Crippen LogP contribution in [-0.4, -0.2) is 60.6 Å². The van der Waals surface area contributed by atoms with E-state index in [1.165, 1.54) is 4.90 Å². The molecular weight excluding hydrogens is 250 g/mol. The molecule has 7 heteroatoms. The number of carbonyl (C=O) groups excluding carboxylic acids is 3. The van der Waals surface area contributed by atoms with E-state index in [1.807, 2.05) is 6.92 Å². The van der Waals surface area contributed by atoms with Gasteiger partial charge in [0.15, 0.2) is 0 Å². The van der Waals surface area contributed by atoms with Crippen molar-refractivity contribution in [3.05, 3.63) is 0 Å². The monoisotopic (exact) mass is 273 g/mol. The number of carbonyl (C=O) groups is 3. The molecule has 19 heavy (non-hydrogen) atoms. The molecule has 3 amide bonds. The lowest BCUT2D eigenvalue weighted by molar-refractivity contribution is -0.154. The second-order valence-corrected chi connectivity index (χ2v) is 4.57. The van der Waals surface area contributed by atoms with E-state index in [9.17, 15) is 14.4 Å². The molecule has 0 saturated heterocycles. The van der Waals surface area contributed by atoms with Crippen LogP contribution in [0.15, 0.2) is 0 Å². The maximum Gasteiger partial charge on any atom is 0.241 e. The summed E-state index contributed by atoms with van der Waals surface area (Å²) < 4.78 is 0. The van der Waals surface area contributed by atoms with Crippen molar-refractivity contribution in [3.8, 4) is 0 Å². The van der Waals surface area contributed by atoms with Crippen LogP contribution in [0.4, 0.5) is 0 Å². The number of rotatable bonds is 9. The lowest BCUT2D eigenvalue weighted by Gasteiger charge is -2.19. The smallest absolute Gasteiger partial charge is 0.241 e. The summed E-state index contributed by atoms with van der Waals surface area (Å²) in [6.07, 6.45) is 2.54. The summed E-state index contributed by atoms with van der Waals surface area (Å²) >= 11 is 0. The summed E-state index contributed by atoms with van der Waals surface area (Å²) in [5.74, 6) is -1.05. The third kappa shape index (κ3) is 7.40. The van der Waals surface area contributed by atoms with Gasteiger partial charge in [-0.05, 0) is 6.42 Å². The first-order chi connectivity index (χ1) is 8.92. The fourth-order valence-electron chi connectivity index (χ4n) is 1.49. The van der Waals surface area contributed by atoms with Crippen LogP contribution in [0.1, 0.15) is 26.2 Å². The second-order valence-electron chi connectivity index (χ2n) is 4.57. The summed E-state index contributed by atoms with van der Waals surface area (Å²) in [7, 11) is 3.20. The van der Waals surface area contributed by atoms with E-state index < -0.39 is 5.92 Å². The molecule has 1 atom stereocenters. The molecule has 0 aromatic carbocycles. The molecule has 0 aromatic heterocycles. The minimum Gasteiger partial charge on any atom is -0.347 e. The van der Waals surface area contributed by atoms with Crippen LogP contribution in [0.5, 0.6) is 0 Å². The van der Waals surface area contributed by atoms with Gasteiger partial charge in [-0.3, -0.25) is 19.6 Å². The summed E-state index contributed by atoms with van der Waals surface area (Å²) in [5.41, 5.74) is 0. The highest BCUT2D eigenvalue weighted by Crippen LogP contribution is 2.09. The summed E-state index contributed by atoms with van der Waals surface area (Å²) in [6, 6.07) is 0. The zero-order valence-corrected chi connectivity index (χ0v) is 11.8. The normalized spacial score (nSPS) is 11.6. The minimum absolute atomic E-state index is 0.0640. The van der Waals surface area contributed by atoms with E-state index in [0.717, 1.165) is 12.8 Å². The average molecular weight is 273 g/mol. The van der Waals surface area contributed by atoms with Gasteiger partial charge in [0, 0.05) is 14.1 Å². The van der Waals surface area contributed by atoms with E-state index in [4.69, 9.17) is 5.21 Å². The molecule has 0 aliphatic heterocycles. The molecule has 2 N–H and O–H groups in total. The van der Waals surface area contributed by atoms with Gasteiger partial charge in [0.25, 0.3) is 0 Å². The molecule has 0 aliphatic rings. The number of hydroxylamine groups is 2. The van der Waals surface area contributed by atoms with Crippen molar-refractivity contribution in [1.29, 1.82) is 0 Å². The summed E-state index contributed by atoms with van der Waals surface area (Å²) in [6.45, 7) is 1.84. The number of hydrogen-bond acceptors (Lipinski definition) is 4. The summed E-state index contributed by atoms with van der Waals surface area (Å²) in [5, 5.41) is 12.1. The zero-order chi connectivity index (χ0) is 14.8. The highest BCUT2D eigenvalue weighted by molar-refractivity contribution is 5.85. The van der Waals surface area contributed by atoms with Crippen LogP contribution in [-0.2, 0) is 14.4 Å². The first-order valence-corrected chi connectivity index (χ1v) is 6.31. The molecule has 0 spiro atoms. The van der Waals surface area contributed by atoms with Gasteiger partial charge in [-0.2, -0.15) is 0 Å². The van der Waals surface area contributed by atoms with E-state index in [0.29, 0.717) is 11.5 Å². The fraction of sp³-hybridized carbons (Fsp3) is 0.750. The highest BCUT2D eigenvalue weighted by atomic mass is 16.5. The average Bonchev–Trinajstić information content (AvgIpc) is 2.39. The van der Waals surface area contributed by atoms with E-state index in [1.54, 1.807) is 14.1 Å². The summed E-state index contributed by atoms with van der Waals surface area (Å²) in [4.78, 5) is 35.0. The quantitative estimate of drug-likeness (QED) is 0.347. The van der Waals surface area contributed by atoms with Gasteiger partial charge in [0.2, 0.25) is 18.2 Å². The topological polar surface area (TPSA) is 90.0 Å². The van der Waals surface area contributed by atoms with Crippen molar-refractivity contribution in [2.24, 2.45) is 5.92 Å². The molecule has 0 aliphatic carbocycles. The van der Waals surface area contributed by atoms with Gasteiger partial charge < -0.3 is 10.2 Å². The van der Waals surface area contributed by atoms with Crippen molar-refractivity contribution in [2.45, 2.75) is 26.2 Å². The van der Waals surface area contributed by atoms with Crippen LogP contribution in [0.3, 0.4) is 0 Å². The molecule has 0 bridgehead atoms. The van der Waals surface area contributed by atoms with Crippen LogP contribution < -0.4 is 5.32 Å². The Bertz CT molecular complexity index is 307. The van der Waals surface area contributed by atoms with E-state index >= 15 is 0 Å². The second kappa shape index (κ2) is 9.32. The number of nitrogens with zero attached hydrogens (tertiary/aromatic N) is 2. The standard InChI is InChI=1S/C12H23N3O4/c1-4-5-6-10(8-15(19)9-16)12(18)13-7-11(17)14(2)3/h9-10,19H,4-8H2,1-3H3,(H,13,18)/t10-/m1/s1. The number of nitrogens with one attached hydrogen (secondary N) is 1. The third-order valence-corrected chi connectivity index (χ3v) is 2.72. The predicted octanol–water partition coefficient (Wildman–Crippen LogP) is -0.155. The van der Waals surface area contributed by atoms with Crippen LogP contribution >= 0.6 is 0 Å². The Morgan fingerprint density at radius 1 is 1.37 bits per heavy atom. The Kier molecular flexibility index (Phi) is 8.52. The highest BCUT2D eigenvalue weighted by Gasteiger charge is 2.21. The Labute approximate surface area is 113 Å². The molecular formula is C12H23N3O4. The van der Waals surface area contributed by atoms with Gasteiger partial charge >= 0.3 is 0 Å². The molecule has 0 unspecified atom stereocenters. The zero-order valence-electron chi connectivity index (χ0n) is 11.8. The van der Waals surface area contributed by atoms with Crippen molar-refractivity contribution >= 4 is 18.2 Å². The van der Waals surface area contributed by atoms with Crippen LogP contribution in [0.2, 0.25) is 0 Å². The minimum atomic E-state index is -0.509. The van der Waals surface area contributed by atoms with Crippen molar-refractivity contribution in [2.75, 3.05) is 27.2 Å². The van der Waals surface area contributed by atoms with E-state index in [-0.39, 0.29) is 31.3 Å². The fourth-order valence-corrected chi connectivity index (χ4v) is 1.49. The SMILES string of the molecule is CCCC[C@H](CN(O)C=O)C(=O)NCC(=O)N(C)C. The van der Waals surface area contributed by atoms with Gasteiger partial charge in [-0.25, -0.2) is 5.06 Å². The Morgan fingerprint density at radius 3 is 2.47 bits per heavy atom. The molecule has 0 radical (unpaired) electrons. The Balaban J connectivity index is 4.36. The van der Waals surface area contributed by atoms with Gasteiger partial charge in [0.05, 0.1) is 19.0 Å². The molecule has 7 nitrogen and oxygen atoms in total. The number of hydrogen-bond donors (Lipinski definition) is 2. The molecule has 110 valence electrons. The van der Waals surface area contributed by atoms with Gasteiger partial charge in [-0.15, -0.1) is 0 Å². The van der Waals surface area contributed by atoms with E-state index in [2.05, 4.69) is 5.32 Å².